The number of ether oxygens (including phenoxy) is 1. The topological polar surface area (TPSA) is 35.2 Å². The molecule has 0 spiro atoms. The molecule has 0 radical (unpaired) electrons. The van der Waals surface area contributed by atoms with Crippen LogP contribution in [0.15, 0.2) is 42.5 Å². The zero-order valence-electron chi connectivity index (χ0n) is 11.2. The Morgan fingerprint density at radius 1 is 1.20 bits per heavy atom. The van der Waals surface area contributed by atoms with Crippen molar-refractivity contribution in [3.05, 3.63) is 65.0 Å². The van der Waals surface area contributed by atoms with E-state index in [1.807, 2.05) is 24.3 Å². The van der Waals surface area contributed by atoms with E-state index in [4.69, 9.17) is 22.7 Å². The van der Waals surface area contributed by atoms with Crippen LogP contribution in [0.2, 0.25) is 0 Å². The van der Waals surface area contributed by atoms with Gasteiger partial charge in [-0.2, -0.15) is 0 Å². The van der Waals surface area contributed by atoms with E-state index < -0.39 is 0 Å². The second-order valence-corrected chi connectivity index (χ2v) is 4.89. The SMILES string of the molecule is CCc1ccc(OCc2ccc(F)cc2C(N)=S)cc1. The molecule has 0 aliphatic rings. The molecule has 2 aromatic carbocycles. The molecule has 20 heavy (non-hydrogen) atoms. The van der Waals surface area contributed by atoms with Gasteiger partial charge in [0.15, 0.2) is 0 Å². The number of hydrogen-bond acceptors (Lipinski definition) is 2. The second kappa shape index (κ2) is 6.48. The van der Waals surface area contributed by atoms with Crippen molar-refractivity contribution in [2.45, 2.75) is 20.0 Å². The molecular weight excluding hydrogens is 273 g/mol. The Hall–Kier alpha value is -1.94. The third-order valence-electron chi connectivity index (χ3n) is 3.06. The van der Waals surface area contributed by atoms with Gasteiger partial charge in [0.25, 0.3) is 0 Å². The Bertz CT molecular complexity index is 610. The van der Waals surface area contributed by atoms with Gasteiger partial charge >= 0.3 is 0 Å². The van der Waals surface area contributed by atoms with Gasteiger partial charge < -0.3 is 10.5 Å². The number of thiocarbonyl (C=S) groups is 1. The average Bonchev–Trinajstić information content (AvgIpc) is 2.46. The highest BCUT2D eigenvalue weighted by molar-refractivity contribution is 7.80. The van der Waals surface area contributed by atoms with Gasteiger partial charge in [-0.3, -0.25) is 0 Å². The summed E-state index contributed by atoms with van der Waals surface area (Å²) >= 11 is 4.93. The Morgan fingerprint density at radius 2 is 1.90 bits per heavy atom. The molecule has 0 aliphatic heterocycles. The van der Waals surface area contributed by atoms with Gasteiger partial charge in [0.2, 0.25) is 0 Å². The molecule has 2 rings (SSSR count). The zero-order valence-corrected chi connectivity index (χ0v) is 12.0. The minimum atomic E-state index is -0.358. The maximum absolute atomic E-state index is 13.2. The van der Waals surface area contributed by atoms with E-state index in [0.29, 0.717) is 12.2 Å². The summed E-state index contributed by atoms with van der Waals surface area (Å²) in [7, 11) is 0. The fraction of sp³-hybridized carbons (Fsp3) is 0.188. The van der Waals surface area contributed by atoms with Crippen LogP contribution in [0.5, 0.6) is 5.75 Å². The molecule has 0 bridgehead atoms. The third-order valence-corrected chi connectivity index (χ3v) is 3.28. The number of halogens is 1. The van der Waals surface area contributed by atoms with Crippen molar-refractivity contribution in [3.8, 4) is 5.75 Å². The Kier molecular flexibility index (Phi) is 4.69. The molecule has 0 amide bonds. The maximum atomic E-state index is 13.2. The second-order valence-electron chi connectivity index (χ2n) is 4.45. The van der Waals surface area contributed by atoms with Crippen LogP contribution in [0.3, 0.4) is 0 Å². The lowest BCUT2D eigenvalue weighted by atomic mass is 10.1. The minimum Gasteiger partial charge on any atom is -0.489 e. The quantitative estimate of drug-likeness (QED) is 0.854. The van der Waals surface area contributed by atoms with Crippen LogP contribution in [0.25, 0.3) is 0 Å². The van der Waals surface area contributed by atoms with Gasteiger partial charge in [-0.15, -0.1) is 0 Å². The molecule has 0 aromatic heterocycles. The van der Waals surface area contributed by atoms with Crippen molar-refractivity contribution in [2.24, 2.45) is 5.73 Å². The van der Waals surface area contributed by atoms with Gasteiger partial charge in [-0.25, -0.2) is 4.39 Å². The van der Waals surface area contributed by atoms with Gasteiger partial charge in [0, 0.05) is 5.56 Å². The fourth-order valence-electron chi connectivity index (χ4n) is 1.89. The fourth-order valence-corrected chi connectivity index (χ4v) is 2.08. The highest BCUT2D eigenvalue weighted by Gasteiger charge is 2.07. The molecule has 0 aliphatic carbocycles. The summed E-state index contributed by atoms with van der Waals surface area (Å²) in [5, 5.41) is 0. The lowest BCUT2D eigenvalue weighted by Crippen LogP contribution is -2.14. The molecule has 4 heteroatoms. The summed E-state index contributed by atoms with van der Waals surface area (Å²) in [4.78, 5) is 0.171. The first kappa shape index (κ1) is 14.5. The van der Waals surface area contributed by atoms with Crippen LogP contribution in [-0.4, -0.2) is 4.99 Å². The smallest absolute Gasteiger partial charge is 0.123 e. The summed E-state index contributed by atoms with van der Waals surface area (Å²) < 4.78 is 18.9. The number of aryl methyl sites for hydroxylation is 1. The van der Waals surface area contributed by atoms with Crippen LogP contribution in [-0.2, 0) is 13.0 Å². The summed E-state index contributed by atoms with van der Waals surface area (Å²) in [5.74, 6) is 0.407. The monoisotopic (exact) mass is 289 g/mol. The Balaban J connectivity index is 2.12. The summed E-state index contributed by atoms with van der Waals surface area (Å²) in [6.45, 7) is 2.40. The molecule has 2 nitrogen and oxygen atoms in total. The number of benzene rings is 2. The average molecular weight is 289 g/mol. The highest BCUT2D eigenvalue weighted by atomic mass is 32.1. The maximum Gasteiger partial charge on any atom is 0.123 e. The molecule has 0 unspecified atom stereocenters. The van der Waals surface area contributed by atoms with Crippen molar-refractivity contribution in [1.29, 1.82) is 0 Å². The Labute approximate surface area is 123 Å². The molecule has 0 heterocycles. The lowest BCUT2D eigenvalue weighted by molar-refractivity contribution is 0.306. The molecule has 0 fully saturated rings. The summed E-state index contributed by atoms with van der Waals surface area (Å²) in [5.41, 5.74) is 8.15. The molecule has 2 N–H and O–H groups in total. The van der Waals surface area contributed by atoms with Crippen molar-refractivity contribution >= 4 is 17.2 Å². The molecule has 104 valence electrons. The molecule has 0 saturated carbocycles. The van der Waals surface area contributed by atoms with Crippen molar-refractivity contribution in [3.63, 3.8) is 0 Å². The van der Waals surface area contributed by atoms with Gasteiger partial charge in [-0.05, 0) is 41.8 Å². The molecule has 0 saturated heterocycles. The van der Waals surface area contributed by atoms with Crippen molar-refractivity contribution < 1.29 is 9.13 Å². The zero-order chi connectivity index (χ0) is 14.5. The van der Waals surface area contributed by atoms with Gasteiger partial charge in [-0.1, -0.05) is 37.3 Å². The van der Waals surface area contributed by atoms with Gasteiger partial charge in [0.05, 0.1) is 0 Å². The first-order chi connectivity index (χ1) is 9.60. The first-order valence-corrected chi connectivity index (χ1v) is 6.81. The first-order valence-electron chi connectivity index (χ1n) is 6.40. The van der Waals surface area contributed by atoms with Crippen molar-refractivity contribution in [2.75, 3.05) is 0 Å². The largest absolute Gasteiger partial charge is 0.489 e. The normalized spacial score (nSPS) is 10.3. The third kappa shape index (κ3) is 3.54. The van der Waals surface area contributed by atoms with E-state index in [2.05, 4.69) is 6.92 Å². The van der Waals surface area contributed by atoms with Crippen LogP contribution in [0, 0.1) is 5.82 Å². The number of nitrogens with two attached hydrogens (primary N) is 1. The van der Waals surface area contributed by atoms with Crippen LogP contribution < -0.4 is 10.5 Å². The van der Waals surface area contributed by atoms with E-state index in [-0.39, 0.29) is 10.8 Å². The van der Waals surface area contributed by atoms with Crippen LogP contribution in [0.4, 0.5) is 4.39 Å². The van der Waals surface area contributed by atoms with E-state index >= 15 is 0 Å². The van der Waals surface area contributed by atoms with E-state index in [1.54, 1.807) is 6.07 Å². The van der Waals surface area contributed by atoms with Crippen LogP contribution >= 0.6 is 12.2 Å². The summed E-state index contributed by atoms with van der Waals surface area (Å²) in [6.07, 6.45) is 0.990. The molecular formula is C16H16FNOS. The van der Waals surface area contributed by atoms with Crippen LogP contribution in [0.1, 0.15) is 23.6 Å². The Morgan fingerprint density at radius 3 is 2.50 bits per heavy atom. The predicted octanol–water partition coefficient (Wildman–Crippen LogP) is 3.60. The predicted molar refractivity (Wildman–Crippen MR) is 82.4 cm³/mol. The number of hydrogen-bond donors (Lipinski definition) is 1. The van der Waals surface area contributed by atoms with Crippen molar-refractivity contribution in [1.82, 2.24) is 0 Å². The lowest BCUT2D eigenvalue weighted by Gasteiger charge is -2.11. The molecule has 0 atom stereocenters. The summed E-state index contributed by atoms with van der Waals surface area (Å²) in [6, 6.07) is 12.2. The highest BCUT2D eigenvalue weighted by Crippen LogP contribution is 2.17. The standard InChI is InChI=1S/C16H16FNOS/c1-2-11-3-7-14(8-4-11)19-10-12-5-6-13(17)9-15(12)16(18)20/h3-9H,2,10H2,1H3,(H2,18,20). The van der Waals surface area contributed by atoms with E-state index in [0.717, 1.165) is 17.7 Å². The minimum absolute atomic E-state index is 0.171. The number of rotatable bonds is 5. The molecule has 2 aromatic rings. The van der Waals surface area contributed by atoms with E-state index in [1.165, 1.54) is 17.7 Å². The van der Waals surface area contributed by atoms with Gasteiger partial charge in [0.1, 0.15) is 23.2 Å². The van der Waals surface area contributed by atoms with E-state index in [9.17, 15) is 4.39 Å².